The second-order valence-electron chi connectivity index (χ2n) is 5.25. The van der Waals surface area contributed by atoms with Crippen molar-refractivity contribution < 1.29 is 4.79 Å². The monoisotopic (exact) mass is 337 g/mol. The molecule has 114 valence electrons. The summed E-state index contributed by atoms with van der Waals surface area (Å²) in [5, 5.41) is 0. The lowest BCUT2D eigenvalue weighted by Crippen LogP contribution is -1.92. The molecule has 0 aliphatic heterocycles. The Morgan fingerprint density at radius 2 is 1.48 bits per heavy atom. The lowest BCUT2D eigenvalue weighted by Gasteiger charge is -2.02. The van der Waals surface area contributed by atoms with E-state index in [4.69, 9.17) is 0 Å². The predicted octanol–water partition coefficient (Wildman–Crippen LogP) is 6.04. The minimum atomic E-state index is 0.202. The summed E-state index contributed by atoms with van der Waals surface area (Å²) in [5.74, 6) is 0.719. The molecular weight excluding hydrogens is 320 g/mol. The number of ketones is 1. The average Bonchev–Trinajstić information content (AvgIpc) is 2.61. The van der Waals surface area contributed by atoms with Gasteiger partial charge in [0.2, 0.25) is 16.2 Å². The molecule has 0 N–H and O–H groups in total. The van der Waals surface area contributed by atoms with Crippen molar-refractivity contribution in [1.82, 2.24) is 0 Å². The number of hydrogen-bond donors (Lipinski definition) is 0. The Hall–Kier alpha value is -1.97. The van der Waals surface area contributed by atoms with E-state index in [0.29, 0.717) is 5.75 Å². The van der Waals surface area contributed by atoms with Crippen molar-refractivity contribution in [3.8, 4) is 21.6 Å². The zero-order valence-corrected chi connectivity index (χ0v) is 14.5. The summed E-state index contributed by atoms with van der Waals surface area (Å²) in [4.78, 5) is 12.5. The highest BCUT2D eigenvalue weighted by molar-refractivity contribution is 8.01. The third-order valence-corrected chi connectivity index (χ3v) is 5.80. The van der Waals surface area contributed by atoms with E-state index in [2.05, 4.69) is 60.7 Å². The van der Waals surface area contributed by atoms with Crippen LogP contribution in [0.2, 0.25) is 0 Å². The van der Waals surface area contributed by atoms with Crippen molar-refractivity contribution >= 4 is 28.9 Å². The van der Waals surface area contributed by atoms with Gasteiger partial charge in [0, 0.05) is 17.7 Å². The third kappa shape index (κ3) is 4.27. The molecule has 0 bridgehead atoms. The first-order valence-corrected chi connectivity index (χ1v) is 9.24. The molecule has 1 aromatic heterocycles. The molecule has 2 aromatic carbocycles. The molecule has 3 heteroatoms. The number of carbonyl (C=O) groups excluding carboxylic acids is 1. The number of thioether (sulfide) groups is 1. The topological polar surface area (TPSA) is 17.1 Å². The van der Waals surface area contributed by atoms with Crippen molar-refractivity contribution in [2.24, 2.45) is 0 Å². The first-order chi connectivity index (χ1) is 11.2. The summed E-state index contributed by atoms with van der Waals surface area (Å²) >= 11 is 3.35. The van der Waals surface area contributed by atoms with Gasteiger partial charge in [-0.15, -0.1) is 0 Å². The van der Waals surface area contributed by atoms with Gasteiger partial charge in [-0.2, -0.15) is 0 Å². The normalized spacial score (nSPS) is 10.5. The summed E-state index contributed by atoms with van der Waals surface area (Å²) in [6.45, 7) is 1.64. The van der Waals surface area contributed by atoms with Crippen molar-refractivity contribution in [2.45, 2.75) is 11.1 Å². The standard InChI is InChI=1S/C20H17OS2/c1-15(21)14-22-20-13-18(16-8-4-2-5-9-16)12-19(23-20)17-10-6-3-7-11-17/h2-13H,14H2,1H3/q+1. The number of rotatable bonds is 5. The van der Waals surface area contributed by atoms with Gasteiger partial charge in [-0.05, 0) is 30.2 Å². The van der Waals surface area contributed by atoms with E-state index in [1.54, 1.807) is 30.0 Å². The quantitative estimate of drug-likeness (QED) is 0.417. The Labute approximate surface area is 145 Å². The van der Waals surface area contributed by atoms with Crippen molar-refractivity contribution in [1.29, 1.82) is 0 Å². The van der Waals surface area contributed by atoms with Gasteiger partial charge < -0.3 is 0 Å². The lowest BCUT2D eigenvalue weighted by molar-refractivity contribution is -0.114. The van der Waals surface area contributed by atoms with Crippen LogP contribution in [0.3, 0.4) is 0 Å². The molecule has 0 fully saturated rings. The summed E-state index contributed by atoms with van der Waals surface area (Å²) in [6, 6.07) is 25.2. The average molecular weight is 337 g/mol. The molecule has 0 radical (unpaired) electrons. The van der Waals surface area contributed by atoms with Crippen LogP contribution in [0.25, 0.3) is 21.6 Å². The molecule has 1 heterocycles. The first-order valence-electron chi connectivity index (χ1n) is 7.43. The SMILES string of the molecule is CC(=O)CSc1cc(-c2ccccc2)cc(-c2ccccc2)[s+]1. The van der Waals surface area contributed by atoms with Crippen molar-refractivity contribution in [2.75, 3.05) is 5.75 Å². The fourth-order valence-electron chi connectivity index (χ4n) is 2.26. The molecule has 0 unspecified atom stereocenters. The minimum absolute atomic E-state index is 0.202. The zero-order chi connectivity index (χ0) is 16.1. The van der Waals surface area contributed by atoms with Gasteiger partial charge in [0.1, 0.15) is 5.78 Å². The maximum atomic E-state index is 11.3. The van der Waals surface area contributed by atoms with E-state index in [9.17, 15) is 4.79 Å². The number of benzene rings is 2. The van der Waals surface area contributed by atoms with Gasteiger partial charge in [0.25, 0.3) is 4.21 Å². The van der Waals surface area contributed by atoms with E-state index in [1.807, 2.05) is 12.1 Å². The van der Waals surface area contributed by atoms with Crippen LogP contribution < -0.4 is 0 Å². The van der Waals surface area contributed by atoms with E-state index >= 15 is 0 Å². The molecule has 0 spiro atoms. The second kappa shape index (κ2) is 7.53. The first kappa shape index (κ1) is 15.9. The molecule has 1 nitrogen and oxygen atoms in total. The second-order valence-corrected chi connectivity index (χ2v) is 7.61. The van der Waals surface area contributed by atoms with Crippen LogP contribution in [-0.2, 0) is 4.79 Å². The molecule has 3 aromatic rings. The minimum Gasteiger partial charge on any atom is -0.299 e. The third-order valence-electron chi connectivity index (χ3n) is 3.35. The van der Waals surface area contributed by atoms with Crippen LogP contribution in [0, 0.1) is 0 Å². The van der Waals surface area contributed by atoms with Crippen LogP contribution in [0.4, 0.5) is 0 Å². The molecule has 0 saturated carbocycles. The van der Waals surface area contributed by atoms with Crippen LogP contribution >= 0.6 is 23.1 Å². The Kier molecular flexibility index (Phi) is 5.21. The summed E-state index contributed by atoms with van der Waals surface area (Å²) < 4.78 is 1.17. The Balaban J connectivity index is 2.05. The number of hydrogen-bond acceptors (Lipinski definition) is 2. The van der Waals surface area contributed by atoms with Gasteiger partial charge in [-0.1, -0.05) is 60.3 Å². The maximum absolute atomic E-state index is 11.3. The maximum Gasteiger partial charge on any atom is 0.266 e. The lowest BCUT2D eigenvalue weighted by atomic mass is 10.1. The molecular formula is C20H17OS2+. The van der Waals surface area contributed by atoms with E-state index in [0.717, 1.165) is 0 Å². The Bertz CT molecular complexity index is 741. The van der Waals surface area contributed by atoms with Gasteiger partial charge in [0.15, 0.2) is 0 Å². The molecule has 0 saturated heterocycles. The van der Waals surface area contributed by atoms with Gasteiger partial charge in [-0.3, -0.25) is 4.79 Å². The zero-order valence-electron chi connectivity index (χ0n) is 12.9. The van der Waals surface area contributed by atoms with E-state index < -0.39 is 0 Å². The van der Waals surface area contributed by atoms with Crippen LogP contribution in [0.5, 0.6) is 0 Å². The molecule has 23 heavy (non-hydrogen) atoms. The molecule has 0 aliphatic rings. The molecule has 3 rings (SSSR count). The summed E-state index contributed by atoms with van der Waals surface area (Å²) in [6.07, 6.45) is 0. The Morgan fingerprint density at radius 1 is 0.870 bits per heavy atom. The Morgan fingerprint density at radius 3 is 2.09 bits per heavy atom. The number of Topliss-reactive ketones (excluding diaryl/α,β-unsaturated/α-hetero) is 1. The van der Waals surface area contributed by atoms with Gasteiger partial charge in [-0.25, -0.2) is 0 Å². The highest BCUT2D eigenvalue weighted by atomic mass is 32.2. The van der Waals surface area contributed by atoms with Gasteiger partial charge >= 0.3 is 0 Å². The molecule has 0 aliphatic carbocycles. The van der Waals surface area contributed by atoms with E-state index in [-0.39, 0.29) is 5.78 Å². The summed E-state index contributed by atoms with van der Waals surface area (Å²) in [7, 11) is 0. The molecule has 0 amide bonds. The highest BCUT2D eigenvalue weighted by Gasteiger charge is 2.18. The summed E-state index contributed by atoms with van der Waals surface area (Å²) in [5.41, 5.74) is 3.59. The fourth-order valence-corrected chi connectivity index (χ4v) is 4.34. The molecule has 0 atom stereocenters. The van der Waals surface area contributed by atoms with Crippen LogP contribution in [0.1, 0.15) is 6.92 Å². The van der Waals surface area contributed by atoms with Crippen molar-refractivity contribution in [3.05, 3.63) is 72.8 Å². The van der Waals surface area contributed by atoms with Crippen LogP contribution in [-0.4, -0.2) is 11.5 Å². The van der Waals surface area contributed by atoms with E-state index in [1.165, 1.54) is 25.8 Å². The van der Waals surface area contributed by atoms with Gasteiger partial charge in [0.05, 0.1) is 5.75 Å². The number of carbonyl (C=O) groups is 1. The largest absolute Gasteiger partial charge is 0.299 e. The smallest absolute Gasteiger partial charge is 0.266 e. The van der Waals surface area contributed by atoms with Crippen molar-refractivity contribution in [3.63, 3.8) is 0 Å². The van der Waals surface area contributed by atoms with Crippen LogP contribution in [0.15, 0.2) is 77.0 Å². The predicted molar refractivity (Wildman–Crippen MR) is 101 cm³/mol. The fraction of sp³-hybridized carbons (Fsp3) is 0.100. The highest BCUT2D eigenvalue weighted by Crippen LogP contribution is 2.36.